The second-order valence-corrected chi connectivity index (χ2v) is 5.99. The molecule has 2 aromatic heterocycles. The smallest absolute Gasteiger partial charge is 0.226 e. The van der Waals surface area contributed by atoms with Crippen molar-refractivity contribution in [3.05, 3.63) is 30.4 Å². The lowest BCUT2D eigenvalue weighted by Crippen LogP contribution is -2.38. The van der Waals surface area contributed by atoms with E-state index >= 15 is 0 Å². The van der Waals surface area contributed by atoms with Crippen LogP contribution in [0.1, 0.15) is 56.8 Å². The van der Waals surface area contributed by atoms with Crippen molar-refractivity contribution in [1.82, 2.24) is 25.0 Å². The van der Waals surface area contributed by atoms with Gasteiger partial charge in [-0.25, -0.2) is 4.98 Å². The van der Waals surface area contributed by atoms with Crippen LogP contribution in [0.5, 0.6) is 0 Å². The SMILES string of the molecule is CCc1noc(CCCC(=O)N[C@@H]2CCC[C@@H]2n2ccnc2)n1. The largest absolute Gasteiger partial charge is 0.351 e. The first kappa shape index (κ1) is 15.7. The fourth-order valence-electron chi connectivity index (χ4n) is 3.15. The zero-order valence-corrected chi connectivity index (χ0v) is 13.4. The molecular weight excluding hydrogens is 294 g/mol. The lowest BCUT2D eigenvalue weighted by Gasteiger charge is -2.22. The van der Waals surface area contributed by atoms with E-state index in [4.69, 9.17) is 4.52 Å². The number of aromatic nitrogens is 4. The van der Waals surface area contributed by atoms with Crippen LogP contribution in [0.4, 0.5) is 0 Å². The molecule has 3 rings (SSSR count). The molecule has 1 N–H and O–H groups in total. The van der Waals surface area contributed by atoms with Crippen LogP contribution in [0.2, 0.25) is 0 Å². The summed E-state index contributed by atoms with van der Waals surface area (Å²) in [6.45, 7) is 1.99. The summed E-state index contributed by atoms with van der Waals surface area (Å²) in [7, 11) is 0. The standard InChI is InChI=1S/C16H23N5O2/c1-2-14-19-16(23-20-14)8-4-7-15(22)18-12-5-3-6-13(12)21-10-9-17-11-21/h9-13H,2-8H2,1H3,(H,18,22)/t12-,13+/m1/s1. The molecule has 1 amide bonds. The van der Waals surface area contributed by atoms with E-state index in [9.17, 15) is 4.79 Å². The summed E-state index contributed by atoms with van der Waals surface area (Å²) in [4.78, 5) is 20.5. The normalized spacial score (nSPS) is 20.7. The highest BCUT2D eigenvalue weighted by atomic mass is 16.5. The number of rotatable bonds is 7. The van der Waals surface area contributed by atoms with E-state index in [1.165, 1.54) is 0 Å². The van der Waals surface area contributed by atoms with Crippen molar-refractivity contribution in [2.24, 2.45) is 0 Å². The first-order chi connectivity index (χ1) is 11.3. The van der Waals surface area contributed by atoms with Crippen molar-refractivity contribution in [1.29, 1.82) is 0 Å². The van der Waals surface area contributed by atoms with Crippen LogP contribution in [-0.4, -0.2) is 31.6 Å². The van der Waals surface area contributed by atoms with E-state index in [1.807, 2.05) is 19.4 Å². The second kappa shape index (κ2) is 7.39. The van der Waals surface area contributed by atoms with Gasteiger partial charge in [0.1, 0.15) is 0 Å². The van der Waals surface area contributed by atoms with Crippen molar-refractivity contribution < 1.29 is 9.32 Å². The minimum absolute atomic E-state index is 0.0947. The van der Waals surface area contributed by atoms with Crippen LogP contribution in [0, 0.1) is 0 Å². The maximum atomic E-state index is 12.2. The average Bonchev–Trinajstić information content (AvgIpc) is 3.28. The van der Waals surface area contributed by atoms with Crippen LogP contribution in [0.3, 0.4) is 0 Å². The van der Waals surface area contributed by atoms with Gasteiger partial charge in [0, 0.05) is 37.7 Å². The summed E-state index contributed by atoms with van der Waals surface area (Å²) in [5.74, 6) is 1.43. The average molecular weight is 317 g/mol. The number of carbonyl (C=O) groups is 1. The van der Waals surface area contributed by atoms with Gasteiger partial charge < -0.3 is 14.4 Å². The van der Waals surface area contributed by atoms with Crippen molar-refractivity contribution >= 4 is 5.91 Å². The molecule has 0 bridgehead atoms. The molecule has 0 unspecified atom stereocenters. The number of hydrogen-bond donors (Lipinski definition) is 1. The van der Waals surface area contributed by atoms with Crippen molar-refractivity contribution in [3.63, 3.8) is 0 Å². The van der Waals surface area contributed by atoms with Gasteiger partial charge >= 0.3 is 0 Å². The minimum Gasteiger partial charge on any atom is -0.351 e. The highest BCUT2D eigenvalue weighted by Crippen LogP contribution is 2.29. The Bertz CT molecular complexity index is 622. The predicted octanol–water partition coefficient (Wildman–Crippen LogP) is 2.06. The number of carbonyl (C=O) groups excluding carboxylic acids is 1. The van der Waals surface area contributed by atoms with Crippen LogP contribution in [-0.2, 0) is 17.6 Å². The van der Waals surface area contributed by atoms with Crippen molar-refractivity contribution in [2.45, 2.75) is 64.0 Å². The zero-order valence-electron chi connectivity index (χ0n) is 13.4. The Labute approximate surface area is 135 Å². The molecule has 2 aromatic rings. The number of aryl methyl sites for hydroxylation is 2. The van der Waals surface area contributed by atoms with Gasteiger partial charge in [0.15, 0.2) is 5.82 Å². The number of nitrogens with one attached hydrogen (secondary N) is 1. The van der Waals surface area contributed by atoms with Crippen LogP contribution >= 0.6 is 0 Å². The fourth-order valence-corrected chi connectivity index (χ4v) is 3.15. The summed E-state index contributed by atoms with van der Waals surface area (Å²) >= 11 is 0. The quantitative estimate of drug-likeness (QED) is 0.845. The lowest BCUT2D eigenvalue weighted by molar-refractivity contribution is -0.122. The van der Waals surface area contributed by atoms with Gasteiger partial charge in [-0.05, 0) is 25.7 Å². The van der Waals surface area contributed by atoms with E-state index in [2.05, 4.69) is 25.0 Å². The summed E-state index contributed by atoms with van der Waals surface area (Å²) < 4.78 is 7.23. The summed E-state index contributed by atoms with van der Waals surface area (Å²) in [6.07, 6.45) is 11.4. The Balaban J connectivity index is 1.43. The molecule has 1 aliphatic carbocycles. The Kier molecular flexibility index (Phi) is 5.05. The number of hydrogen-bond acceptors (Lipinski definition) is 5. The summed E-state index contributed by atoms with van der Waals surface area (Å²) in [6, 6.07) is 0.524. The van der Waals surface area contributed by atoms with E-state index in [0.29, 0.717) is 24.8 Å². The number of imidazole rings is 1. The van der Waals surface area contributed by atoms with Gasteiger partial charge in [-0.2, -0.15) is 4.98 Å². The first-order valence-corrected chi connectivity index (χ1v) is 8.34. The zero-order chi connectivity index (χ0) is 16.1. The molecule has 7 heteroatoms. The van der Waals surface area contributed by atoms with Gasteiger partial charge in [-0.15, -0.1) is 0 Å². The Morgan fingerprint density at radius 2 is 2.39 bits per heavy atom. The molecule has 0 spiro atoms. The molecule has 0 saturated heterocycles. The third kappa shape index (κ3) is 3.97. The maximum Gasteiger partial charge on any atom is 0.226 e. The van der Waals surface area contributed by atoms with Crippen LogP contribution in [0.25, 0.3) is 0 Å². The highest BCUT2D eigenvalue weighted by Gasteiger charge is 2.29. The third-order valence-electron chi connectivity index (χ3n) is 4.35. The number of amides is 1. The van der Waals surface area contributed by atoms with Crippen LogP contribution < -0.4 is 5.32 Å². The first-order valence-electron chi connectivity index (χ1n) is 8.34. The maximum absolute atomic E-state index is 12.2. The molecule has 0 aromatic carbocycles. The van der Waals surface area contributed by atoms with E-state index < -0.39 is 0 Å². The van der Waals surface area contributed by atoms with Gasteiger partial charge in [0.05, 0.1) is 12.4 Å². The number of nitrogens with zero attached hydrogens (tertiary/aromatic N) is 4. The monoisotopic (exact) mass is 317 g/mol. The Morgan fingerprint density at radius 1 is 1.48 bits per heavy atom. The van der Waals surface area contributed by atoms with Gasteiger partial charge in [-0.1, -0.05) is 12.1 Å². The summed E-state index contributed by atoms with van der Waals surface area (Å²) in [5, 5.41) is 7.02. The Hall–Kier alpha value is -2.18. The van der Waals surface area contributed by atoms with Gasteiger partial charge in [-0.3, -0.25) is 4.79 Å². The predicted molar refractivity (Wildman–Crippen MR) is 83.7 cm³/mol. The van der Waals surface area contributed by atoms with Gasteiger partial charge in [0.2, 0.25) is 11.8 Å². The molecule has 2 atom stereocenters. The molecule has 1 fully saturated rings. The van der Waals surface area contributed by atoms with E-state index in [1.54, 1.807) is 6.20 Å². The summed E-state index contributed by atoms with van der Waals surface area (Å²) in [5.41, 5.74) is 0. The van der Waals surface area contributed by atoms with Crippen LogP contribution in [0.15, 0.2) is 23.2 Å². The third-order valence-corrected chi connectivity index (χ3v) is 4.35. The molecule has 7 nitrogen and oxygen atoms in total. The molecule has 1 saturated carbocycles. The molecule has 23 heavy (non-hydrogen) atoms. The molecule has 2 heterocycles. The van der Waals surface area contributed by atoms with E-state index in [-0.39, 0.29) is 11.9 Å². The van der Waals surface area contributed by atoms with E-state index in [0.717, 1.165) is 37.9 Å². The second-order valence-electron chi connectivity index (χ2n) is 5.99. The van der Waals surface area contributed by atoms with Gasteiger partial charge in [0.25, 0.3) is 0 Å². The van der Waals surface area contributed by atoms with Crippen molar-refractivity contribution in [3.8, 4) is 0 Å². The van der Waals surface area contributed by atoms with Crippen molar-refractivity contribution in [2.75, 3.05) is 0 Å². The Morgan fingerprint density at radius 3 is 3.13 bits per heavy atom. The lowest BCUT2D eigenvalue weighted by atomic mass is 10.1. The highest BCUT2D eigenvalue weighted by molar-refractivity contribution is 5.76. The topological polar surface area (TPSA) is 85.8 Å². The molecule has 124 valence electrons. The fraction of sp³-hybridized carbons (Fsp3) is 0.625. The molecular formula is C16H23N5O2. The minimum atomic E-state index is 0.0947. The molecule has 0 aliphatic heterocycles. The molecule has 1 aliphatic rings. The molecule has 0 radical (unpaired) electrons.